The predicted octanol–water partition coefficient (Wildman–Crippen LogP) is 1.81. The number of methoxy groups -OCH3 is 1. The largest absolute Gasteiger partial charge is 0.497 e. The van der Waals surface area contributed by atoms with Gasteiger partial charge in [0.1, 0.15) is 11.9 Å². The van der Waals surface area contributed by atoms with Crippen LogP contribution in [0.1, 0.15) is 6.42 Å². The summed E-state index contributed by atoms with van der Waals surface area (Å²) in [5.41, 5.74) is 0. The summed E-state index contributed by atoms with van der Waals surface area (Å²) in [6, 6.07) is 0. The minimum atomic E-state index is -0.816. The molecule has 0 N–H and O–H groups in total. The van der Waals surface area contributed by atoms with Crippen LogP contribution in [0.4, 0.5) is 4.39 Å². The van der Waals surface area contributed by atoms with Crippen LogP contribution in [0.2, 0.25) is 0 Å². The molecular formula is C7H9FO. The lowest BCUT2D eigenvalue weighted by molar-refractivity contribution is 0.296. The Morgan fingerprint density at radius 1 is 1.78 bits per heavy atom. The molecule has 0 bridgehead atoms. The van der Waals surface area contributed by atoms with E-state index in [1.807, 2.05) is 0 Å². The van der Waals surface area contributed by atoms with Gasteiger partial charge in [-0.25, -0.2) is 4.39 Å². The molecule has 0 amide bonds. The van der Waals surface area contributed by atoms with Gasteiger partial charge in [0.15, 0.2) is 0 Å². The predicted molar refractivity (Wildman–Crippen MR) is 33.7 cm³/mol. The summed E-state index contributed by atoms with van der Waals surface area (Å²) < 4.78 is 17.2. The van der Waals surface area contributed by atoms with E-state index < -0.39 is 6.17 Å². The second-order valence-electron chi connectivity index (χ2n) is 1.92. The van der Waals surface area contributed by atoms with Crippen molar-refractivity contribution in [3.63, 3.8) is 0 Å². The Hall–Kier alpha value is -0.790. The van der Waals surface area contributed by atoms with E-state index in [1.54, 1.807) is 19.3 Å². The fourth-order valence-electron chi connectivity index (χ4n) is 0.726. The first-order valence-electron chi connectivity index (χ1n) is 2.89. The molecule has 50 valence electrons. The van der Waals surface area contributed by atoms with E-state index in [4.69, 9.17) is 4.74 Å². The Labute approximate surface area is 53.8 Å². The average Bonchev–Trinajstić information content (AvgIpc) is 1.90. The number of hydrogen-bond donors (Lipinski definition) is 0. The molecule has 0 aromatic carbocycles. The highest BCUT2D eigenvalue weighted by Crippen LogP contribution is 2.12. The lowest BCUT2D eigenvalue weighted by Gasteiger charge is -2.06. The summed E-state index contributed by atoms with van der Waals surface area (Å²) in [7, 11) is 1.58. The second-order valence-corrected chi connectivity index (χ2v) is 1.92. The summed E-state index contributed by atoms with van der Waals surface area (Å²) in [6.07, 6.45) is 4.51. The van der Waals surface area contributed by atoms with Crippen molar-refractivity contribution in [3.8, 4) is 0 Å². The van der Waals surface area contributed by atoms with Crippen LogP contribution in [-0.4, -0.2) is 13.3 Å². The Morgan fingerprint density at radius 2 is 2.56 bits per heavy atom. The molecule has 0 saturated carbocycles. The number of rotatable bonds is 1. The quantitative estimate of drug-likeness (QED) is 0.523. The highest BCUT2D eigenvalue weighted by atomic mass is 19.1. The molecule has 0 radical (unpaired) electrons. The van der Waals surface area contributed by atoms with E-state index in [0.29, 0.717) is 6.42 Å². The van der Waals surface area contributed by atoms with Gasteiger partial charge in [0.2, 0.25) is 0 Å². The fraction of sp³-hybridized carbons (Fsp3) is 0.429. The summed E-state index contributed by atoms with van der Waals surface area (Å²) in [5, 5.41) is 0. The molecule has 1 atom stereocenters. The Kier molecular flexibility index (Phi) is 1.88. The van der Waals surface area contributed by atoms with Crippen LogP contribution in [0, 0.1) is 0 Å². The molecule has 0 heterocycles. The molecule has 1 aliphatic carbocycles. The summed E-state index contributed by atoms with van der Waals surface area (Å²) in [6.45, 7) is 0. The van der Waals surface area contributed by atoms with Gasteiger partial charge in [0, 0.05) is 6.42 Å². The minimum Gasteiger partial charge on any atom is -0.497 e. The lowest BCUT2D eigenvalue weighted by atomic mass is 10.1. The Bertz CT molecular complexity index is 149. The average molecular weight is 128 g/mol. The Morgan fingerprint density at radius 3 is 3.00 bits per heavy atom. The highest BCUT2D eigenvalue weighted by molar-refractivity contribution is 5.18. The van der Waals surface area contributed by atoms with Crippen LogP contribution in [0.5, 0.6) is 0 Å². The standard InChI is InChI=1S/C7H9FO/c1-9-7-4-2-6(8)3-5-7/h2,4-6H,3H2,1H3. The van der Waals surface area contributed by atoms with Gasteiger partial charge in [0.05, 0.1) is 7.11 Å². The zero-order valence-electron chi connectivity index (χ0n) is 5.30. The van der Waals surface area contributed by atoms with E-state index in [9.17, 15) is 4.39 Å². The van der Waals surface area contributed by atoms with Crippen molar-refractivity contribution in [2.75, 3.05) is 7.11 Å². The summed E-state index contributed by atoms with van der Waals surface area (Å²) in [5.74, 6) is 0.754. The highest BCUT2D eigenvalue weighted by Gasteiger charge is 2.04. The molecule has 0 spiro atoms. The molecule has 0 aromatic heterocycles. The first-order valence-corrected chi connectivity index (χ1v) is 2.89. The molecule has 1 unspecified atom stereocenters. The van der Waals surface area contributed by atoms with Crippen molar-refractivity contribution in [1.29, 1.82) is 0 Å². The minimum absolute atomic E-state index is 0.444. The number of halogens is 1. The maximum atomic E-state index is 12.3. The van der Waals surface area contributed by atoms with E-state index in [1.165, 1.54) is 6.08 Å². The fourth-order valence-corrected chi connectivity index (χ4v) is 0.726. The summed E-state index contributed by atoms with van der Waals surface area (Å²) >= 11 is 0. The molecule has 0 fully saturated rings. The van der Waals surface area contributed by atoms with Crippen molar-refractivity contribution in [3.05, 3.63) is 24.0 Å². The van der Waals surface area contributed by atoms with E-state index in [2.05, 4.69) is 0 Å². The van der Waals surface area contributed by atoms with Gasteiger partial charge in [-0.15, -0.1) is 0 Å². The molecule has 1 aliphatic rings. The third-order valence-corrected chi connectivity index (χ3v) is 1.25. The molecule has 9 heavy (non-hydrogen) atoms. The Balaban J connectivity index is 2.52. The maximum absolute atomic E-state index is 12.3. The number of ether oxygens (including phenoxy) is 1. The van der Waals surface area contributed by atoms with Crippen molar-refractivity contribution in [2.45, 2.75) is 12.6 Å². The SMILES string of the molecule is COC1=CCC(F)C=C1. The maximum Gasteiger partial charge on any atom is 0.122 e. The van der Waals surface area contributed by atoms with Crippen LogP contribution in [0.25, 0.3) is 0 Å². The van der Waals surface area contributed by atoms with Crippen LogP contribution < -0.4 is 0 Å². The van der Waals surface area contributed by atoms with Gasteiger partial charge in [-0.3, -0.25) is 0 Å². The second kappa shape index (κ2) is 2.67. The topological polar surface area (TPSA) is 9.23 Å². The zero-order chi connectivity index (χ0) is 6.69. The summed E-state index contributed by atoms with van der Waals surface area (Å²) in [4.78, 5) is 0. The van der Waals surface area contributed by atoms with Gasteiger partial charge in [-0.1, -0.05) is 0 Å². The molecule has 2 heteroatoms. The van der Waals surface area contributed by atoms with Gasteiger partial charge in [-0.2, -0.15) is 0 Å². The third-order valence-electron chi connectivity index (χ3n) is 1.25. The first-order chi connectivity index (χ1) is 4.33. The molecule has 1 rings (SSSR count). The molecule has 0 aromatic rings. The van der Waals surface area contributed by atoms with Crippen molar-refractivity contribution < 1.29 is 9.13 Å². The first kappa shape index (κ1) is 6.33. The van der Waals surface area contributed by atoms with Crippen molar-refractivity contribution >= 4 is 0 Å². The number of alkyl halides is 1. The molecular weight excluding hydrogens is 119 g/mol. The van der Waals surface area contributed by atoms with Gasteiger partial charge in [0.25, 0.3) is 0 Å². The van der Waals surface area contributed by atoms with Gasteiger partial charge in [-0.05, 0) is 18.2 Å². The van der Waals surface area contributed by atoms with Crippen LogP contribution in [0.15, 0.2) is 24.0 Å². The van der Waals surface area contributed by atoms with E-state index in [-0.39, 0.29) is 0 Å². The van der Waals surface area contributed by atoms with Crippen LogP contribution in [0.3, 0.4) is 0 Å². The smallest absolute Gasteiger partial charge is 0.122 e. The normalized spacial score (nSPS) is 25.6. The monoisotopic (exact) mass is 128 g/mol. The number of hydrogen-bond acceptors (Lipinski definition) is 1. The van der Waals surface area contributed by atoms with Crippen molar-refractivity contribution in [1.82, 2.24) is 0 Å². The van der Waals surface area contributed by atoms with Gasteiger partial charge < -0.3 is 4.74 Å². The van der Waals surface area contributed by atoms with Gasteiger partial charge >= 0.3 is 0 Å². The molecule has 1 nitrogen and oxygen atoms in total. The lowest BCUT2D eigenvalue weighted by Crippen LogP contribution is -1.98. The van der Waals surface area contributed by atoms with Crippen LogP contribution >= 0.6 is 0 Å². The third kappa shape index (κ3) is 1.56. The molecule has 0 aliphatic heterocycles. The van der Waals surface area contributed by atoms with Crippen molar-refractivity contribution in [2.24, 2.45) is 0 Å². The zero-order valence-corrected chi connectivity index (χ0v) is 5.30. The molecule has 0 saturated heterocycles. The van der Waals surface area contributed by atoms with Crippen LogP contribution in [-0.2, 0) is 4.74 Å². The van der Waals surface area contributed by atoms with E-state index in [0.717, 1.165) is 5.76 Å². The van der Waals surface area contributed by atoms with E-state index >= 15 is 0 Å². The number of allylic oxidation sites excluding steroid dienone is 3.